The molecule has 3 amide bonds. The van der Waals surface area contributed by atoms with Crippen LogP contribution in [0.2, 0.25) is 0 Å². The van der Waals surface area contributed by atoms with Crippen molar-refractivity contribution in [2.45, 2.75) is 12.8 Å². The van der Waals surface area contributed by atoms with E-state index in [9.17, 15) is 14.4 Å². The number of fused-ring (bicyclic) bond motifs is 4. The average Bonchev–Trinajstić information content (AvgIpc) is 3.60. The zero-order chi connectivity index (χ0) is 27.9. The molecule has 0 bridgehead atoms. The monoisotopic (exact) mass is 595 g/mol. The number of hydrogen-bond acceptors (Lipinski definition) is 8. The Morgan fingerprint density at radius 2 is 1.88 bits per heavy atom. The summed E-state index contributed by atoms with van der Waals surface area (Å²) in [5.74, 6) is 1.32. The molecule has 2 aromatic rings. The number of urea groups is 1. The molecule has 1 saturated carbocycles. The van der Waals surface area contributed by atoms with E-state index in [4.69, 9.17) is 9.47 Å². The number of H-pyrrole nitrogens is 1. The van der Waals surface area contributed by atoms with Crippen molar-refractivity contribution in [2.24, 2.45) is 11.8 Å². The molecule has 1 aromatic heterocycles. The highest BCUT2D eigenvalue weighted by atomic mass is 35.5. The maximum absolute atomic E-state index is 13.8. The van der Waals surface area contributed by atoms with Gasteiger partial charge in [-0.1, -0.05) is 18.2 Å². The summed E-state index contributed by atoms with van der Waals surface area (Å²) in [7, 11) is 0. The van der Waals surface area contributed by atoms with Gasteiger partial charge in [-0.15, -0.1) is 12.4 Å². The normalized spacial score (nSPS) is 22.6. The Kier molecular flexibility index (Phi) is 8.04. The molecular weight excluding hydrogens is 562 g/mol. The Morgan fingerprint density at radius 3 is 2.69 bits per heavy atom. The molecule has 2 saturated heterocycles. The van der Waals surface area contributed by atoms with Gasteiger partial charge in [-0.25, -0.2) is 9.80 Å². The molecule has 3 heterocycles. The van der Waals surface area contributed by atoms with Crippen LogP contribution in [0.4, 0.5) is 10.5 Å². The number of aromatic nitrogens is 2. The fraction of sp³-hybridized carbons (Fsp3) is 0.448. The molecule has 3 fully saturated rings. The quantitative estimate of drug-likeness (QED) is 0.326. The summed E-state index contributed by atoms with van der Waals surface area (Å²) in [5, 5.41) is 15.6. The molecule has 42 heavy (non-hydrogen) atoms. The van der Waals surface area contributed by atoms with Gasteiger partial charge in [0.25, 0.3) is 0 Å². The predicted molar refractivity (Wildman–Crippen MR) is 157 cm³/mol. The van der Waals surface area contributed by atoms with Gasteiger partial charge in [-0.05, 0) is 30.1 Å². The lowest BCUT2D eigenvalue weighted by molar-refractivity contribution is -0.132. The molecule has 2 aliphatic heterocycles. The van der Waals surface area contributed by atoms with Crippen LogP contribution in [-0.4, -0.2) is 96.9 Å². The van der Waals surface area contributed by atoms with Crippen molar-refractivity contribution in [3.05, 3.63) is 52.9 Å². The zero-order valence-electron chi connectivity index (χ0n) is 23.1. The van der Waals surface area contributed by atoms with Crippen LogP contribution in [0.3, 0.4) is 0 Å². The highest BCUT2D eigenvalue weighted by Crippen LogP contribution is 2.56. The Labute approximate surface area is 249 Å². The first-order valence-corrected chi connectivity index (χ1v) is 14.3. The number of hydrazine groups is 1. The van der Waals surface area contributed by atoms with Gasteiger partial charge in [-0.2, -0.15) is 5.10 Å². The fourth-order valence-corrected chi connectivity index (χ4v) is 6.18. The number of carbonyl (C=O) groups excluding carboxylic acids is 3. The third-order valence-corrected chi connectivity index (χ3v) is 8.38. The maximum Gasteiger partial charge on any atom is 0.333 e. The molecule has 1 aromatic carbocycles. The van der Waals surface area contributed by atoms with Crippen molar-refractivity contribution in [2.75, 3.05) is 64.4 Å². The molecule has 5 aliphatic rings. The summed E-state index contributed by atoms with van der Waals surface area (Å²) in [6.45, 7) is 5.84. The van der Waals surface area contributed by atoms with Crippen LogP contribution < -0.4 is 16.1 Å². The number of halogens is 1. The van der Waals surface area contributed by atoms with E-state index in [0.29, 0.717) is 67.5 Å². The van der Waals surface area contributed by atoms with Crippen LogP contribution in [-0.2, 0) is 14.3 Å². The predicted octanol–water partition coefficient (Wildman–Crippen LogP) is 2.17. The van der Waals surface area contributed by atoms with Gasteiger partial charge < -0.3 is 25.0 Å². The van der Waals surface area contributed by atoms with Crippen LogP contribution in [0.5, 0.6) is 0 Å². The molecule has 2 atom stereocenters. The summed E-state index contributed by atoms with van der Waals surface area (Å²) >= 11 is 0. The minimum Gasteiger partial charge on any atom is -0.497 e. The topological polar surface area (TPSA) is 141 Å². The molecule has 13 heteroatoms. The van der Waals surface area contributed by atoms with E-state index in [1.54, 1.807) is 11.1 Å². The average molecular weight is 596 g/mol. The number of hydrogen-bond donors (Lipinski definition) is 4. The SMILES string of the molecule is Cl.O=C(Nc1cccc2c1C(=O)c1c(C3=CC=C(OCCC(=O)N4CCNCC4)C4CC34)n[nH]c1-2)NN1CCOCC1. The van der Waals surface area contributed by atoms with Crippen LogP contribution in [0.25, 0.3) is 16.8 Å². The maximum atomic E-state index is 13.8. The number of amides is 3. The standard InChI is InChI=1S/C29H33N7O5.ClH/c37-23(35-9-7-30-8-10-35)6-13-41-22-5-4-17(19-16-20(19)22)26-25-27(33-32-26)18-2-1-3-21(24(18)28(25)38)31-29(39)34-36-11-14-40-15-12-36;/h1-5,19-20,30H,6-16H2,(H,32,33)(H2,31,34,39);1H. The van der Waals surface area contributed by atoms with Crippen molar-refractivity contribution in [1.82, 2.24) is 30.8 Å². The van der Waals surface area contributed by atoms with Crippen molar-refractivity contribution < 1.29 is 23.9 Å². The van der Waals surface area contributed by atoms with Crippen LogP contribution in [0.1, 0.15) is 34.5 Å². The van der Waals surface area contributed by atoms with Gasteiger partial charge in [0.15, 0.2) is 5.78 Å². The highest BCUT2D eigenvalue weighted by Gasteiger charge is 2.48. The summed E-state index contributed by atoms with van der Waals surface area (Å²) in [5.41, 5.74) is 7.36. The Morgan fingerprint density at radius 1 is 1.07 bits per heavy atom. The number of anilines is 1. The van der Waals surface area contributed by atoms with Gasteiger partial charge in [-0.3, -0.25) is 20.1 Å². The Bertz CT molecular complexity index is 1460. The van der Waals surface area contributed by atoms with Crippen molar-refractivity contribution in [1.29, 1.82) is 0 Å². The van der Waals surface area contributed by atoms with Gasteiger partial charge in [0, 0.05) is 50.7 Å². The number of morpholine rings is 1. The van der Waals surface area contributed by atoms with E-state index in [1.807, 2.05) is 29.2 Å². The van der Waals surface area contributed by atoms with Gasteiger partial charge in [0.05, 0.1) is 54.5 Å². The minimum absolute atomic E-state index is 0. The van der Waals surface area contributed by atoms with Crippen LogP contribution in [0, 0.1) is 11.8 Å². The van der Waals surface area contributed by atoms with E-state index < -0.39 is 6.03 Å². The molecule has 3 aliphatic carbocycles. The summed E-state index contributed by atoms with van der Waals surface area (Å²) in [6, 6.07) is 5.03. The second-order valence-corrected chi connectivity index (χ2v) is 10.9. The smallest absolute Gasteiger partial charge is 0.333 e. The number of benzene rings is 1. The van der Waals surface area contributed by atoms with Gasteiger partial charge in [0.1, 0.15) is 5.69 Å². The van der Waals surface area contributed by atoms with Crippen molar-refractivity contribution in [3.8, 4) is 11.3 Å². The molecule has 222 valence electrons. The summed E-state index contributed by atoms with van der Waals surface area (Å²) in [4.78, 5) is 40.8. The van der Waals surface area contributed by atoms with E-state index in [0.717, 1.165) is 49.5 Å². The van der Waals surface area contributed by atoms with E-state index in [1.165, 1.54) is 0 Å². The first-order valence-electron chi connectivity index (χ1n) is 14.3. The van der Waals surface area contributed by atoms with Crippen LogP contribution >= 0.6 is 12.4 Å². The molecular formula is C29H34ClN7O5. The number of rotatable bonds is 7. The molecule has 7 rings (SSSR count). The second kappa shape index (κ2) is 11.9. The molecule has 2 unspecified atom stereocenters. The molecule has 12 nitrogen and oxygen atoms in total. The number of piperazine rings is 1. The van der Waals surface area contributed by atoms with Crippen LogP contribution in [0.15, 0.2) is 36.1 Å². The number of nitrogens with zero attached hydrogens (tertiary/aromatic N) is 3. The molecule has 0 spiro atoms. The van der Waals surface area contributed by atoms with E-state index >= 15 is 0 Å². The third kappa shape index (κ3) is 5.31. The lowest BCUT2D eigenvalue weighted by Crippen LogP contribution is -2.49. The third-order valence-electron chi connectivity index (χ3n) is 8.38. The number of ether oxygens (including phenoxy) is 2. The lowest BCUT2D eigenvalue weighted by Gasteiger charge is -2.27. The number of aromatic amines is 1. The number of ketones is 1. The number of carbonyl (C=O) groups is 3. The Balaban J connectivity index is 0.00000316. The second-order valence-electron chi connectivity index (χ2n) is 10.9. The fourth-order valence-electron chi connectivity index (χ4n) is 6.18. The largest absolute Gasteiger partial charge is 0.497 e. The van der Waals surface area contributed by atoms with E-state index in [-0.39, 0.29) is 35.9 Å². The van der Waals surface area contributed by atoms with E-state index in [2.05, 4.69) is 26.3 Å². The molecule has 4 N–H and O–H groups in total. The first-order chi connectivity index (χ1) is 20.1. The number of nitrogens with one attached hydrogen (secondary N) is 4. The minimum atomic E-state index is -0.398. The van der Waals surface area contributed by atoms with Crippen molar-refractivity contribution in [3.63, 3.8) is 0 Å². The zero-order valence-corrected chi connectivity index (χ0v) is 23.9. The van der Waals surface area contributed by atoms with Gasteiger partial charge in [0.2, 0.25) is 5.91 Å². The lowest BCUT2D eigenvalue weighted by atomic mass is 9.96. The molecule has 0 radical (unpaired) electrons. The van der Waals surface area contributed by atoms with Crippen molar-refractivity contribution >= 4 is 41.4 Å². The van der Waals surface area contributed by atoms with Gasteiger partial charge >= 0.3 is 6.03 Å². The summed E-state index contributed by atoms with van der Waals surface area (Å²) in [6.07, 6.45) is 5.23. The summed E-state index contributed by atoms with van der Waals surface area (Å²) < 4.78 is 11.4. The highest BCUT2D eigenvalue weighted by molar-refractivity contribution is 6.26. The first kappa shape index (κ1) is 28.4. The Hall–Kier alpha value is -3.71. The number of allylic oxidation sites excluding steroid dienone is 4.